The van der Waals surface area contributed by atoms with Crippen molar-refractivity contribution in [2.24, 2.45) is 0 Å². The largest absolute Gasteiger partial charge is 0.358 e. The Morgan fingerprint density at radius 2 is 1.70 bits per heavy atom. The van der Waals surface area contributed by atoms with Crippen molar-refractivity contribution in [1.29, 1.82) is 0 Å². The number of thiazole rings is 2. The Morgan fingerprint density at radius 1 is 1.04 bits per heavy atom. The molecule has 2 aromatic heterocycles. The van der Waals surface area contributed by atoms with E-state index in [1.165, 1.54) is 9.40 Å². The van der Waals surface area contributed by atoms with Gasteiger partial charge >= 0.3 is 0 Å². The number of aromatic amines is 1. The van der Waals surface area contributed by atoms with Gasteiger partial charge < -0.3 is 9.88 Å². The summed E-state index contributed by atoms with van der Waals surface area (Å²) in [5.41, 5.74) is 2.19. The maximum atomic E-state index is 5.42. The number of thiocarbonyl (C=S) groups is 1. The number of hydrogen-bond acceptors (Lipinski definition) is 6. The van der Waals surface area contributed by atoms with E-state index in [0.29, 0.717) is 0 Å². The van der Waals surface area contributed by atoms with E-state index in [1.54, 1.807) is 34.4 Å². The third kappa shape index (κ3) is 5.36. The van der Waals surface area contributed by atoms with Gasteiger partial charge in [-0.25, -0.2) is 4.98 Å². The van der Waals surface area contributed by atoms with Crippen LogP contribution in [-0.4, -0.2) is 32.3 Å². The van der Waals surface area contributed by atoms with Crippen LogP contribution in [0.3, 0.4) is 0 Å². The Balaban J connectivity index is 0.000000177. The fourth-order valence-electron chi connectivity index (χ4n) is 2.41. The summed E-state index contributed by atoms with van der Waals surface area (Å²) in [5.74, 6) is 0. The van der Waals surface area contributed by atoms with Gasteiger partial charge in [0, 0.05) is 13.1 Å². The highest BCUT2D eigenvalue weighted by atomic mass is 32.2. The maximum absolute atomic E-state index is 5.42. The molecule has 1 N–H and O–H groups in total. The van der Waals surface area contributed by atoms with Crippen molar-refractivity contribution in [3.05, 3.63) is 52.5 Å². The molecule has 8 heteroatoms. The molecule has 4 aromatic rings. The van der Waals surface area contributed by atoms with E-state index < -0.39 is 0 Å². The number of fused-ring (bicyclic) bond motifs is 2. The van der Waals surface area contributed by atoms with E-state index in [4.69, 9.17) is 24.4 Å². The highest BCUT2D eigenvalue weighted by Crippen LogP contribution is 2.30. The summed E-state index contributed by atoms with van der Waals surface area (Å²) < 4.78 is 5.24. The molecule has 0 saturated carbocycles. The highest BCUT2D eigenvalue weighted by Gasteiger charge is 2.10. The molecule has 2 aromatic carbocycles. The maximum Gasteiger partial charge on any atom is 0.159 e. The number of H-pyrrole nitrogens is 1. The number of rotatable bonds is 3. The standard InChI is InChI=1S/C12H14N2S3.C7H5NS2/c1-3-14(4-2)12(15)17-11-13-9-7-5-6-8-10(9)16-11;9-7-8-5-3-1-2-4-6(5)10-7/h5-8H,3-4H2,1-2H3;1-4H,(H,8,9). The van der Waals surface area contributed by atoms with Crippen molar-refractivity contribution in [3.8, 4) is 0 Å². The average Bonchev–Trinajstić information content (AvgIpc) is 3.24. The van der Waals surface area contributed by atoms with Crippen LogP contribution in [0.1, 0.15) is 13.8 Å². The molecule has 0 spiro atoms. The predicted octanol–water partition coefficient (Wildman–Crippen LogP) is 6.97. The number of nitrogens with one attached hydrogen (secondary N) is 1. The van der Waals surface area contributed by atoms with Crippen molar-refractivity contribution in [2.45, 2.75) is 18.2 Å². The van der Waals surface area contributed by atoms with Gasteiger partial charge in [0.2, 0.25) is 0 Å². The molecule has 0 saturated heterocycles. The van der Waals surface area contributed by atoms with E-state index in [-0.39, 0.29) is 0 Å². The summed E-state index contributed by atoms with van der Waals surface area (Å²) in [6, 6.07) is 16.3. The van der Waals surface area contributed by atoms with Gasteiger partial charge in [-0.1, -0.05) is 36.5 Å². The zero-order valence-electron chi connectivity index (χ0n) is 15.0. The van der Waals surface area contributed by atoms with Gasteiger partial charge in [-0.05, 0) is 62.1 Å². The molecule has 0 atom stereocenters. The van der Waals surface area contributed by atoms with Gasteiger partial charge in [-0.15, -0.1) is 22.7 Å². The number of hydrogen-bond donors (Lipinski definition) is 1. The van der Waals surface area contributed by atoms with Crippen LogP contribution in [0.4, 0.5) is 0 Å². The SMILES string of the molecule is CCN(CC)C(=S)Sc1nc2ccccc2s1.S=c1[nH]c2ccccc2s1. The molecule has 4 rings (SSSR count). The molecule has 0 fully saturated rings. The summed E-state index contributed by atoms with van der Waals surface area (Å²) in [6.45, 7) is 6.14. The van der Waals surface area contributed by atoms with Crippen LogP contribution in [0.25, 0.3) is 20.4 Å². The predicted molar refractivity (Wildman–Crippen MR) is 128 cm³/mol. The minimum Gasteiger partial charge on any atom is -0.358 e. The summed E-state index contributed by atoms with van der Waals surface area (Å²) in [5, 5.41) is 0. The summed E-state index contributed by atoms with van der Waals surface area (Å²) in [6.07, 6.45) is 0. The van der Waals surface area contributed by atoms with E-state index in [1.807, 2.05) is 36.4 Å². The normalized spacial score (nSPS) is 10.6. The van der Waals surface area contributed by atoms with Gasteiger partial charge in [-0.3, -0.25) is 0 Å². The lowest BCUT2D eigenvalue weighted by molar-refractivity contribution is 0.482. The molecule has 0 bridgehead atoms. The molecule has 0 unspecified atom stereocenters. The minimum atomic E-state index is 0.848. The number of nitrogens with zero attached hydrogens (tertiary/aromatic N) is 2. The molecule has 0 radical (unpaired) electrons. The van der Waals surface area contributed by atoms with Crippen LogP contribution in [0.5, 0.6) is 0 Å². The van der Waals surface area contributed by atoms with Gasteiger partial charge in [0.05, 0.1) is 20.4 Å². The lowest BCUT2D eigenvalue weighted by atomic mass is 10.3. The Morgan fingerprint density at radius 3 is 2.37 bits per heavy atom. The first kappa shape index (κ1) is 20.4. The second kappa shape index (κ2) is 9.75. The second-order valence-electron chi connectivity index (χ2n) is 5.50. The minimum absolute atomic E-state index is 0.848. The fourth-order valence-corrected chi connectivity index (χ4v) is 6.23. The smallest absolute Gasteiger partial charge is 0.159 e. The van der Waals surface area contributed by atoms with Crippen molar-refractivity contribution in [1.82, 2.24) is 14.9 Å². The molecule has 0 aliphatic carbocycles. The summed E-state index contributed by atoms with van der Waals surface area (Å²) in [4.78, 5) is 9.84. The van der Waals surface area contributed by atoms with Crippen LogP contribution in [0, 0.1) is 3.95 Å². The third-order valence-corrected chi connectivity index (χ3v) is 7.55. The molecule has 140 valence electrons. The fraction of sp³-hybridized carbons (Fsp3) is 0.211. The number of para-hydroxylation sites is 2. The zero-order chi connectivity index (χ0) is 19.2. The molecule has 2 heterocycles. The Hall–Kier alpha value is -1.32. The lowest BCUT2D eigenvalue weighted by Crippen LogP contribution is -2.26. The van der Waals surface area contributed by atoms with E-state index in [9.17, 15) is 0 Å². The molecular weight excluding hydrogens is 431 g/mol. The average molecular weight is 450 g/mol. The van der Waals surface area contributed by atoms with Gasteiger partial charge in [0.25, 0.3) is 0 Å². The van der Waals surface area contributed by atoms with Gasteiger partial charge in [-0.2, -0.15) is 0 Å². The van der Waals surface area contributed by atoms with Crippen molar-refractivity contribution in [2.75, 3.05) is 13.1 Å². The quantitative estimate of drug-likeness (QED) is 0.269. The van der Waals surface area contributed by atoms with Crippen LogP contribution in [0.2, 0.25) is 0 Å². The topological polar surface area (TPSA) is 31.9 Å². The Bertz CT molecular complexity index is 1020. The first-order valence-electron chi connectivity index (χ1n) is 8.51. The van der Waals surface area contributed by atoms with Gasteiger partial charge in [0.15, 0.2) is 8.29 Å². The molecule has 0 aliphatic heterocycles. The van der Waals surface area contributed by atoms with Crippen molar-refractivity contribution in [3.63, 3.8) is 0 Å². The third-order valence-electron chi connectivity index (χ3n) is 3.80. The molecule has 0 amide bonds. The molecule has 3 nitrogen and oxygen atoms in total. The zero-order valence-corrected chi connectivity index (χ0v) is 19.1. The number of benzene rings is 2. The van der Waals surface area contributed by atoms with E-state index >= 15 is 0 Å². The van der Waals surface area contributed by atoms with Crippen LogP contribution >= 0.6 is 58.9 Å². The second-order valence-corrected chi connectivity index (χ2v) is 10.1. The molecular formula is C19H19N3S5. The first-order valence-corrected chi connectivity index (χ1v) is 11.8. The van der Waals surface area contributed by atoms with Crippen molar-refractivity contribution >= 4 is 83.6 Å². The van der Waals surface area contributed by atoms with Crippen LogP contribution < -0.4 is 0 Å². The Kier molecular flexibility index (Phi) is 7.37. The number of aromatic nitrogens is 2. The van der Waals surface area contributed by atoms with Crippen molar-refractivity contribution < 1.29 is 0 Å². The van der Waals surface area contributed by atoms with Gasteiger partial charge in [0.1, 0.15) is 4.32 Å². The summed E-state index contributed by atoms with van der Waals surface area (Å²) >= 11 is 15.3. The molecule has 0 aliphatic rings. The number of thioether (sulfide) groups is 1. The van der Waals surface area contributed by atoms with Crippen LogP contribution in [0.15, 0.2) is 52.9 Å². The van der Waals surface area contributed by atoms with E-state index in [2.05, 4.69) is 40.8 Å². The molecule has 27 heavy (non-hydrogen) atoms. The Labute approximate surface area is 181 Å². The first-order chi connectivity index (χ1) is 13.1. The van der Waals surface area contributed by atoms with Crippen LogP contribution in [-0.2, 0) is 0 Å². The summed E-state index contributed by atoms with van der Waals surface area (Å²) in [7, 11) is 0. The monoisotopic (exact) mass is 449 g/mol. The van der Waals surface area contributed by atoms with E-state index in [0.717, 1.165) is 36.7 Å². The highest BCUT2D eigenvalue weighted by molar-refractivity contribution is 8.23. The lowest BCUT2D eigenvalue weighted by Gasteiger charge is -2.19.